The molecule has 1 heterocycles. The van der Waals surface area contributed by atoms with Crippen molar-refractivity contribution in [3.8, 4) is 0 Å². The van der Waals surface area contributed by atoms with Crippen molar-refractivity contribution in [2.24, 2.45) is 5.73 Å². The van der Waals surface area contributed by atoms with Gasteiger partial charge in [0.1, 0.15) is 5.82 Å². The van der Waals surface area contributed by atoms with E-state index in [0.717, 1.165) is 28.5 Å². The lowest BCUT2D eigenvalue weighted by molar-refractivity contribution is 0.968. The minimum absolute atomic E-state index is 0.489. The number of aromatic amines is 1. The quantitative estimate of drug-likeness (QED) is 0.834. The van der Waals surface area contributed by atoms with Gasteiger partial charge in [-0.25, -0.2) is 4.98 Å². The standard InChI is InChI=1S/C11H12ClN3/c12-9-3-1-2-8(4-9)5-11-14-7-10(6-13)15-11/h1-4,7H,5-6,13H2,(H,14,15). The van der Waals surface area contributed by atoms with Crippen LogP contribution in [0.15, 0.2) is 30.5 Å². The third kappa shape index (κ3) is 2.58. The van der Waals surface area contributed by atoms with E-state index in [4.69, 9.17) is 17.3 Å². The Labute approximate surface area is 93.3 Å². The van der Waals surface area contributed by atoms with E-state index < -0.39 is 0 Å². The van der Waals surface area contributed by atoms with Crippen LogP contribution in [0.4, 0.5) is 0 Å². The summed E-state index contributed by atoms with van der Waals surface area (Å²) in [6.45, 7) is 0.489. The second-order valence-corrected chi connectivity index (χ2v) is 3.80. The molecule has 1 aromatic heterocycles. The summed E-state index contributed by atoms with van der Waals surface area (Å²) in [5.74, 6) is 0.915. The van der Waals surface area contributed by atoms with Crippen molar-refractivity contribution in [1.29, 1.82) is 0 Å². The Morgan fingerprint density at radius 1 is 1.40 bits per heavy atom. The average Bonchev–Trinajstić information content (AvgIpc) is 2.65. The molecule has 0 unspecified atom stereocenters. The van der Waals surface area contributed by atoms with Crippen LogP contribution < -0.4 is 5.73 Å². The monoisotopic (exact) mass is 221 g/mol. The van der Waals surface area contributed by atoms with Gasteiger partial charge in [0, 0.05) is 29.9 Å². The molecule has 0 bridgehead atoms. The van der Waals surface area contributed by atoms with Gasteiger partial charge >= 0.3 is 0 Å². The zero-order valence-corrected chi connectivity index (χ0v) is 8.96. The first kappa shape index (κ1) is 10.2. The minimum atomic E-state index is 0.489. The molecular formula is C11H12ClN3. The van der Waals surface area contributed by atoms with Gasteiger partial charge in [0.25, 0.3) is 0 Å². The van der Waals surface area contributed by atoms with Gasteiger partial charge in [0.05, 0.1) is 0 Å². The van der Waals surface area contributed by atoms with E-state index in [-0.39, 0.29) is 0 Å². The minimum Gasteiger partial charge on any atom is -0.345 e. The molecule has 0 fully saturated rings. The number of H-pyrrole nitrogens is 1. The zero-order chi connectivity index (χ0) is 10.7. The Morgan fingerprint density at radius 3 is 2.93 bits per heavy atom. The molecule has 0 amide bonds. The van der Waals surface area contributed by atoms with Gasteiger partial charge < -0.3 is 10.7 Å². The van der Waals surface area contributed by atoms with E-state index in [9.17, 15) is 0 Å². The molecule has 15 heavy (non-hydrogen) atoms. The van der Waals surface area contributed by atoms with Gasteiger partial charge in [-0.2, -0.15) is 0 Å². The van der Waals surface area contributed by atoms with Crippen molar-refractivity contribution in [2.75, 3.05) is 0 Å². The fourth-order valence-electron chi connectivity index (χ4n) is 1.44. The zero-order valence-electron chi connectivity index (χ0n) is 8.20. The van der Waals surface area contributed by atoms with Crippen LogP contribution in [-0.4, -0.2) is 9.97 Å². The van der Waals surface area contributed by atoms with Crippen molar-refractivity contribution >= 4 is 11.6 Å². The summed E-state index contributed by atoms with van der Waals surface area (Å²) in [6.07, 6.45) is 2.51. The Hall–Kier alpha value is -1.32. The number of benzene rings is 1. The van der Waals surface area contributed by atoms with Crippen molar-refractivity contribution in [2.45, 2.75) is 13.0 Å². The third-order valence-electron chi connectivity index (χ3n) is 2.16. The average molecular weight is 222 g/mol. The molecule has 0 saturated carbocycles. The molecule has 3 N–H and O–H groups in total. The van der Waals surface area contributed by atoms with Crippen molar-refractivity contribution < 1.29 is 0 Å². The molecule has 2 aromatic rings. The maximum atomic E-state index is 5.89. The highest BCUT2D eigenvalue weighted by Gasteiger charge is 2.01. The van der Waals surface area contributed by atoms with Crippen LogP contribution >= 0.6 is 11.6 Å². The lowest BCUT2D eigenvalue weighted by Gasteiger charge is -1.98. The van der Waals surface area contributed by atoms with Crippen LogP contribution in [0, 0.1) is 0 Å². The molecule has 78 valence electrons. The van der Waals surface area contributed by atoms with Crippen LogP contribution in [0.1, 0.15) is 17.1 Å². The number of halogens is 1. The number of nitrogens with one attached hydrogen (secondary N) is 1. The van der Waals surface area contributed by atoms with E-state index in [1.54, 1.807) is 6.20 Å². The van der Waals surface area contributed by atoms with Crippen LogP contribution in [0.2, 0.25) is 5.02 Å². The smallest absolute Gasteiger partial charge is 0.110 e. The van der Waals surface area contributed by atoms with Gasteiger partial charge in [0.15, 0.2) is 0 Å². The second-order valence-electron chi connectivity index (χ2n) is 3.37. The summed E-state index contributed by atoms with van der Waals surface area (Å²) in [4.78, 5) is 7.38. The number of hydrogen-bond acceptors (Lipinski definition) is 2. The SMILES string of the molecule is NCc1cnc(Cc2cccc(Cl)c2)[nH]1. The van der Waals surface area contributed by atoms with Gasteiger partial charge in [-0.05, 0) is 17.7 Å². The van der Waals surface area contributed by atoms with Crippen LogP contribution in [0.25, 0.3) is 0 Å². The van der Waals surface area contributed by atoms with Crippen molar-refractivity contribution in [1.82, 2.24) is 9.97 Å². The largest absolute Gasteiger partial charge is 0.345 e. The third-order valence-corrected chi connectivity index (χ3v) is 2.40. The number of aromatic nitrogens is 2. The van der Waals surface area contributed by atoms with E-state index >= 15 is 0 Å². The molecule has 0 aliphatic heterocycles. The molecule has 4 heteroatoms. The normalized spacial score (nSPS) is 10.5. The summed E-state index contributed by atoms with van der Waals surface area (Å²) in [6, 6.07) is 7.76. The Morgan fingerprint density at radius 2 is 2.27 bits per heavy atom. The molecule has 0 saturated heterocycles. The van der Waals surface area contributed by atoms with E-state index in [1.165, 1.54) is 0 Å². The Kier molecular flexibility index (Phi) is 3.04. The fourth-order valence-corrected chi connectivity index (χ4v) is 1.65. The molecule has 1 aromatic carbocycles. The summed E-state index contributed by atoms with van der Waals surface area (Å²) < 4.78 is 0. The van der Waals surface area contributed by atoms with Crippen LogP contribution in [0.3, 0.4) is 0 Å². The molecule has 0 aliphatic carbocycles. The first-order valence-corrected chi connectivity index (χ1v) is 5.13. The number of imidazole rings is 1. The summed E-state index contributed by atoms with van der Waals surface area (Å²) in [7, 11) is 0. The molecule has 0 aliphatic rings. The van der Waals surface area contributed by atoms with Crippen LogP contribution in [0.5, 0.6) is 0 Å². The highest BCUT2D eigenvalue weighted by molar-refractivity contribution is 6.30. The van der Waals surface area contributed by atoms with Gasteiger partial charge in [-0.3, -0.25) is 0 Å². The second kappa shape index (κ2) is 4.47. The summed E-state index contributed by atoms with van der Waals surface area (Å²) in [5.41, 5.74) is 7.58. The first-order chi connectivity index (χ1) is 7.28. The maximum absolute atomic E-state index is 5.89. The molecular weight excluding hydrogens is 210 g/mol. The predicted octanol–water partition coefficient (Wildman–Crippen LogP) is 2.11. The predicted molar refractivity (Wildman–Crippen MR) is 60.7 cm³/mol. The summed E-state index contributed by atoms with van der Waals surface area (Å²) >= 11 is 5.89. The van der Waals surface area contributed by atoms with Crippen molar-refractivity contribution in [3.63, 3.8) is 0 Å². The Bertz CT molecular complexity index is 451. The molecule has 3 nitrogen and oxygen atoms in total. The molecule has 0 radical (unpaired) electrons. The van der Waals surface area contributed by atoms with E-state index in [1.807, 2.05) is 24.3 Å². The lowest BCUT2D eigenvalue weighted by atomic mass is 10.1. The number of nitrogens with zero attached hydrogens (tertiary/aromatic N) is 1. The highest BCUT2D eigenvalue weighted by atomic mass is 35.5. The van der Waals surface area contributed by atoms with Crippen LogP contribution in [-0.2, 0) is 13.0 Å². The van der Waals surface area contributed by atoms with Crippen molar-refractivity contribution in [3.05, 3.63) is 52.6 Å². The van der Waals surface area contributed by atoms with Gasteiger partial charge in [-0.15, -0.1) is 0 Å². The highest BCUT2D eigenvalue weighted by Crippen LogP contribution is 2.13. The number of rotatable bonds is 3. The maximum Gasteiger partial charge on any atom is 0.110 e. The van der Waals surface area contributed by atoms with E-state index in [2.05, 4.69) is 9.97 Å². The van der Waals surface area contributed by atoms with E-state index in [0.29, 0.717) is 6.54 Å². The molecule has 0 spiro atoms. The molecule has 2 rings (SSSR count). The molecule has 0 atom stereocenters. The fraction of sp³-hybridized carbons (Fsp3) is 0.182. The Balaban J connectivity index is 2.14. The van der Waals surface area contributed by atoms with Gasteiger partial charge in [0.2, 0.25) is 0 Å². The topological polar surface area (TPSA) is 54.7 Å². The number of hydrogen-bond donors (Lipinski definition) is 2. The first-order valence-electron chi connectivity index (χ1n) is 4.75. The van der Waals surface area contributed by atoms with Gasteiger partial charge in [-0.1, -0.05) is 23.7 Å². The lowest BCUT2D eigenvalue weighted by Crippen LogP contribution is -1.97. The summed E-state index contributed by atoms with van der Waals surface area (Å²) in [5, 5.41) is 0.748. The number of nitrogens with two attached hydrogens (primary N) is 1.